The Hall–Kier alpha value is 1.99. The van der Waals surface area contributed by atoms with Gasteiger partial charge in [0.15, 0.2) is 0 Å². The van der Waals surface area contributed by atoms with E-state index in [1.807, 2.05) is 0 Å². The molecule has 0 amide bonds. The largest absolute Gasteiger partial charge is 0.397 e. The molecule has 8 heavy (non-hydrogen) atoms. The molecule has 1 nitrogen and oxygen atoms in total. The standard InChI is InChI=1S/C2H6O.4ClH.Hf/c1-2-3;;;;;/h3H,2H2,1H3;4*1H;. The van der Waals surface area contributed by atoms with Crippen LogP contribution in [0.2, 0.25) is 0 Å². The third-order valence-electron chi connectivity index (χ3n) is 0. The van der Waals surface area contributed by atoms with E-state index in [1.54, 1.807) is 6.92 Å². The number of aliphatic hydroxyl groups excluding tert-OH is 1. The zero-order valence-corrected chi connectivity index (χ0v) is 11.1. The minimum atomic E-state index is 0. The van der Waals surface area contributed by atoms with Gasteiger partial charge in [-0.25, -0.2) is 0 Å². The van der Waals surface area contributed by atoms with E-state index in [0.717, 1.165) is 0 Å². The Bertz CT molecular complexity index is 14.0. The molecule has 0 aromatic heterocycles. The number of hydrogen-bond donors (Lipinski definition) is 1. The van der Waals surface area contributed by atoms with E-state index < -0.39 is 0 Å². The molecule has 0 fully saturated rings. The molecule has 1 N–H and O–H groups in total. The first-order chi connectivity index (χ1) is 1.41. The Labute approximate surface area is 93.4 Å². The van der Waals surface area contributed by atoms with E-state index in [2.05, 4.69) is 0 Å². The smallest absolute Gasteiger partial charge is 0.0402 e. The maximum absolute atomic E-state index is 7.57. The third-order valence-corrected chi connectivity index (χ3v) is 0. The SMILES string of the molecule is CCO.Cl.Cl.Cl.Cl.[Hf]. The van der Waals surface area contributed by atoms with Gasteiger partial charge >= 0.3 is 0 Å². The van der Waals surface area contributed by atoms with Gasteiger partial charge in [0.25, 0.3) is 0 Å². The Kier molecular flexibility index (Phi) is 407. The zero-order valence-electron chi connectivity index (χ0n) is 4.29. The second-order valence-corrected chi connectivity index (χ2v) is 0.316. The van der Waals surface area contributed by atoms with E-state index in [-0.39, 0.29) is 82.1 Å². The average molecular weight is 370 g/mol. The van der Waals surface area contributed by atoms with Crippen molar-refractivity contribution in [3.8, 4) is 0 Å². The first-order valence-corrected chi connectivity index (χ1v) is 1.02. The molecule has 0 saturated carbocycles. The third kappa shape index (κ3) is 98.6. The second kappa shape index (κ2) is 64.2. The minimum Gasteiger partial charge on any atom is -0.397 e. The summed E-state index contributed by atoms with van der Waals surface area (Å²) in [6, 6.07) is 0. The average Bonchev–Trinajstić information content (AvgIpc) is 0.918. The van der Waals surface area contributed by atoms with Gasteiger partial charge in [0, 0.05) is 32.5 Å². The first-order valence-electron chi connectivity index (χ1n) is 1.02. The van der Waals surface area contributed by atoms with Crippen molar-refractivity contribution < 1.29 is 30.9 Å². The van der Waals surface area contributed by atoms with Crippen LogP contribution in [0.25, 0.3) is 0 Å². The molecule has 0 aliphatic carbocycles. The molecule has 0 bridgehead atoms. The number of aliphatic hydroxyl groups is 1. The fourth-order valence-corrected chi connectivity index (χ4v) is 0. The maximum atomic E-state index is 7.57. The van der Waals surface area contributed by atoms with Gasteiger partial charge in [-0.3, -0.25) is 0 Å². The van der Waals surface area contributed by atoms with Crippen LogP contribution in [0, 0.1) is 0 Å². The molecule has 0 aromatic carbocycles. The van der Waals surface area contributed by atoms with Crippen LogP contribution >= 0.6 is 49.6 Å². The van der Waals surface area contributed by atoms with Gasteiger partial charge in [-0.15, -0.1) is 49.6 Å². The first kappa shape index (κ1) is 50.7. The van der Waals surface area contributed by atoms with Gasteiger partial charge in [-0.1, -0.05) is 0 Å². The molecule has 0 aliphatic heterocycles. The predicted molar refractivity (Wildman–Crippen MR) is 41.8 cm³/mol. The van der Waals surface area contributed by atoms with Crippen LogP contribution in [0.4, 0.5) is 0 Å². The quantitative estimate of drug-likeness (QED) is 0.644. The monoisotopic (exact) mass is 370 g/mol. The molecule has 56 valence electrons. The summed E-state index contributed by atoms with van der Waals surface area (Å²) in [4.78, 5) is 0. The fourth-order valence-electron chi connectivity index (χ4n) is 0. The van der Waals surface area contributed by atoms with Crippen molar-refractivity contribution in [1.82, 2.24) is 0 Å². The summed E-state index contributed by atoms with van der Waals surface area (Å²) < 4.78 is 0. The number of halogens is 4. The predicted octanol–water partition coefficient (Wildman–Crippen LogP) is 1.68. The number of hydrogen-bond acceptors (Lipinski definition) is 1. The van der Waals surface area contributed by atoms with Gasteiger partial charge in [-0.2, -0.15) is 0 Å². The summed E-state index contributed by atoms with van der Waals surface area (Å²) in [5.41, 5.74) is 0. The van der Waals surface area contributed by atoms with E-state index in [0.29, 0.717) is 0 Å². The van der Waals surface area contributed by atoms with E-state index >= 15 is 0 Å². The van der Waals surface area contributed by atoms with Crippen molar-refractivity contribution in [2.24, 2.45) is 0 Å². The molecule has 0 atom stereocenters. The molecular weight excluding hydrogens is 360 g/mol. The normalized spacial score (nSPS) is 2.25. The van der Waals surface area contributed by atoms with Crippen LogP contribution in [0.3, 0.4) is 0 Å². The molecule has 0 heterocycles. The van der Waals surface area contributed by atoms with Crippen LogP contribution in [0.5, 0.6) is 0 Å². The molecular formula is C2H10Cl4HfO. The fraction of sp³-hybridized carbons (Fsp3) is 1.00. The molecule has 0 radical (unpaired) electrons. The van der Waals surface area contributed by atoms with Crippen LogP contribution < -0.4 is 0 Å². The topological polar surface area (TPSA) is 20.2 Å². The van der Waals surface area contributed by atoms with Crippen molar-refractivity contribution in [2.75, 3.05) is 6.61 Å². The molecule has 0 saturated heterocycles. The van der Waals surface area contributed by atoms with Crippen molar-refractivity contribution >= 4 is 49.6 Å². The van der Waals surface area contributed by atoms with Crippen molar-refractivity contribution in [2.45, 2.75) is 6.92 Å². The van der Waals surface area contributed by atoms with E-state index in [1.165, 1.54) is 0 Å². The summed E-state index contributed by atoms with van der Waals surface area (Å²) in [6.45, 7) is 1.93. The van der Waals surface area contributed by atoms with Crippen LogP contribution in [-0.4, -0.2) is 11.7 Å². The maximum Gasteiger partial charge on any atom is 0.0402 e. The molecule has 0 unspecified atom stereocenters. The molecule has 0 spiro atoms. The van der Waals surface area contributed by atoms with Crippen LogP contribution in [-0.2, 0) is 25.8 Å². The van der Waals surface area contributed by atoms with Gasteiger partial charge < -0.3 is 5.11 Å². The van der Waals surface area contributed by atoms with Gasteiger partial charge in [-0.05, 0) is 6.92 Å². The Morgan fingerprint density at radius 1 is 1.00 bits per heavy atom. The van der Waals surface area contributed by atoms with Crippen molar-refractivity contribution in [3.63, 3.8) is 0 Å². The minimum absolute atomic E-state index is 0. The molecule has 0 rings (SSSR count). The summed E-state index contributed by atoms with van der Waals surface area (Å²) in [5, 5.41) is 7.57. The summed E-state index contributed by atoms with van der Waals surface area (Å²) >= 11 is 0. The summed E-state index contributed by atoms with van der Waals surface area (Å²) in [6.07, 6.45) is 0. The van der Waals surface area contributed by atoms with Gasteiger partial charge in [0.2, 0.25) is 0 Å². The Morgan fingerprint density at radius 3 is 1.00 bits per heavy atom. The van der Waals surface area contributed by atoms with Crippen LogP contribution in [0.15, 0.2) is 0 Å². The van der Waals surface area contributed by atoms with Gasteiger partial charge in [0.1, 0.15) is 0 Å². The zero-order chi connectivity index (χ0) is 2.71. The van der Waals surface area contributed by atoms with Crippen LogP contribution in [0.1, 0.15) is 6.92 Å². The van der Waals surface area contributed by atoms with Gasteiger partial charge in [0.05, 0.1) is 0 Å². The molecule has 0 aliphatic rings. The molecule has 6 heteroatoms. The van der Waals surface area contributed by atoms with Crippen molar-refractivity contribution in [1.29, 1.82) is 0 Å². The van der Waals surface area contributed by atoms with Crippen molar-refractivity contribution in [3.05, 3.63) is 0 Å². The van der Waals surface area contributed by atoms with E-state index in [4.69, 9.17) is 5.11 Å². The summed E-state index contributed by atoms with van der Waals surface area (Å²) in [5.74, 6) is 0. The number of rotatable bonds is 0. The molecule has 0 aromatic rings. The second-order valence-electron chi connectivity index (χ2n) is 0.316. The Morgan fingerprint density at radius 2 is 1.00 bits per heavy atom. The summed E-state index contributed by atoms with van der Waals surface area (Å²) in [7, 11) is 0. The van der Waals surface area contributed by atoms with E-state index in [9.17, 15) is 0 Å². The Balaban J connectivity index is -0.00000000200.